The Morgan fingerprint density at radius 2 is 1.54 bits per heavy atom. The van der Waals surface area contributed by atoms with Crippen molar-refractivity contribution in [1.29, 1.82) is 0 Å². The van der Waals surface area contributed by atoms with Gasteiger partial charge in [0, 0.05) is 23.4 Å². The van der Waals surface area contributed by atoms with Gasteiger partial charge in [0.05, 0.1) is 22.3 Å². The maximum absolute atomic E-state index is 14.2. The first-order chi connectivity index (χ1) is 18.5. The van der Waals surface area contributed by atoms with Crippen molar-refractivity contribution in [3.63, 3.8) is 0 Å². The van der Waals surface area contributed by atoms with Crippen LogP contribution in [0.4, 0.5) is 17.6 Å². The molecule has 0 spiro atoms. The smallest absolute Gasteiger partial charge is 0.317 e. The minimum atomic E-state index is -4.80. The second-order valence-corrected chi connectivity index (χ2v) is 12.2. The van der Waals surface area contributed by atoms with Crippen LogP contribution >= 0.6 is 0 Å². The van der Waals surface area contributed by atoms with Crippen LogP contribution < -0.4 is 5.32 Å². The number of aromatic nitrogens is 2. The van der Waals surface area contributed by atoms with Gasteiger partial charge < -0.3 is 5.32 Å². The molecule has 0 saturated carbocycles. The van der Waals surface area contributed by atoms with E-state index in [2.05, 4.69) is 20.2 Å². The van der Waals surface area contributed by atoms with Crippen LogP contribution in [0.2, 0.25) is 0 Å². The molecule has 2 aliphatic rings. The molecule has 2 fully saturated rings. The predicted molar refractivity (Wildman–Crippen MR) is 140 cm³/mol. The van der Waals surface area contributed by atoms with E-state index < -0.39 is 27.7 Å². The number of likely N-dealkylation sites (tertiary alicyclic amines) is 1. The Morgan fingerprint density at radius 3 is 2.15 bits per heavy atom. The molecule has 0 radical (unpaired) electrons. The molecule has 5 rings (SSSR count). The van der Waals surface area contributed by atoms with Crippen LogP contribution in [0, 0.1) is 5.82 Å². The molecule has 2 saturated heterocycles. The van der Waals surface area contributed by atoms with Crippen molar-refractivity contribution in [1.82, 2.24) is 20.2 Å². The summed E-state index contributed by atoms with van der Waals surface area (Å²) in [6.45, 7) is 2.43. The van der Waals surface area contributed by atoms with Gasteiger partial charge in [0.2, 0.25) is 5.82 Å². The average Bonchev–Trinajstić information content (AvgIpc) is 2.92. The minimum Gasteiger partial charge on any atom is -0.317 e. The van der Waals surface area contributed by atoms with E-state index in [9.17, 15) is 26.0 Å². The Labute approximate surface area is 225 Å². The first-order valence-electron chi connectivity index (χ1n) is 13.0. The number of halogens is 4. The molecule has 0 amide bonds. The molecular weight excluding hydrogens is 532 g/mol. The zero-order valence-corrected chi connectivity index (χ0v) is 22.3. The lowest BCUT2D eigenvalue weighted by Crippen LogP contribution is -2.47. The van der Waals surface area contributed by atoms with Gasteiger partial charge in [-0.25, -0.2) is 22.8 Å². The zero-order chi connectivity index (χ0) is 27.8. The highest BCUT2D eigenvalue weighted by atomic mass is 32.2. The highest BCUT2D eigenvalue weighted by Gasteiger charge is 2.40. The van der Waals surface area contributed by atoms with Crippen LogP contribution in [-0.2, 0) is 16.0 Å². The fraction of sp³-hybridized carbons (Fsp3) is 0.429. The highest BCUT2D eigenvalue weighted by molar-refractivity contribution is 7.90. The first-order valence-corrected chi connectivity index (χ1v) is 14.9. The number of benzene rings is 2. The van der Waals surface area contributed by atoms with E-state index in [4.69, 9.17) is 0 Å². The number of hydrogen-bond donors (Lipinski definition) is 1. The van der Waals surface area contributed by atoms with Crippen LogP contribution in [-0.4, -0.2) is 55.2 Å². The lowest BCUT2D eigenvalue weighted by molar-refractivity contribution is -0.145. The van der Waals surface area contributed by atoms with Gasteiger partial charge in [0.25, 0.3) is 0 Å². The summed E-state index contributed by atoms with van der Waals surface area (Å²) < 4.78 is 80.6. The number of nitrogens with zero attached hydrogens (tertiary/aromatic N) is 3. The van der Waals surface area contributed by atoms with Crippen LogP contribution in [0.25, 0.3) is 22.4 Å². The molecule has 39 heavy (non-hydrogen) atoms. The Kier molecular flexibility index (Phi) is 7.76. The maximum Gasteiger partial charge on any atom is 0.451 e. The van der Waals surface area contributed by atoms with E-state index in [1.165, 1.54) is 48.5 Å². The Bertz CT molecular complexity index is 1420. The van der Waals surface area contributed by atoms with E-state index >= 15 is 0 Å². The molecule has 1 aromatic heterocycles. The zero-order valence-electron chi connectivity index (χ0n) is 21.5. The largest absolute Gasteiger partial charge is 0.451 e. The highest BCUT2D eigenvalue weighted by Crippen LogP contribution is 2.43. The molecule has 11 heteroatoms. The van der Waals surface area contributed by atoms with Crippen LogP contribution in [0.1, 0.15) is 49.7 Å². The molecular formula is C28H30F4N4O2S. The SMILES string of the molecule is CS(=O)(=O)c1ccc(-c2nc(C(F)(F)F)nc(C3CCCCN3C3CCNCC3)c2-c2ccc(F)cc2)cc1. The second kappa shape index (κ2) is 10.9. The van der Waals surface area contributed by atoms with Crippen molar-refractivity contribution in [3.8, 4) is 22.4 Å². The first kappa shape index (κ1) is 27.7. The van der Waals surface area contributed by atoms with E-state index in [-0.39, 0.29) is 28.4 Å². The third-order valence-corrected chi connectivity index (χ3v) is 8.65. The molecule has 2 aromatic carbocycles. The van der Waals surface area contributed by atoms with Gasteiger partial charge in [-0.1, -0.05) is 30.7 Å². The number of piperidine rings is 2. The third-order valence-electron chi connectivity index (χ3n) is 7.52. The topological polar surface area (TPSA) is 75.2 Å². The summed E-state index contributed by atoms with van der Waals surface area (Å²) >= 11 is 0. The Hall–Kier alpha value is -2.89. The second-order valence-electron chi connectivity index (χ2n) is 10.2. The van der Waals surface area contributed by atoms with E-state index in [0.29, 0.717) is 23.1 Å². The van der Waals surface area contributed by atoms with Crippen LogP contribution in [0.3, 0.4) is 0 Å². The van der Waals surface area contributed by atoms with Gasteiger partial charge in [-0.15, -0.1) is 0 Å². The van der Waals surface area contributed by atoms with Crippen LogP contribution in [0.15, 0.2) is 53.4 Å². The van der Waals surface area contributed by atoms with E-state index in [1.54, 1.807) is 0 Å². The van der Waals surface area contributed by atoms with Crippen molar-refractivity contribution in [2.75, 3.05) is 25.9 Å². The van der Waals surface area contributed by atoms with Crippen LogP contribution in [0.5, 0.6) is 0 Å². The monoisotopic (exact) mass is 562 g/mol. The summed E-state index contributed by atoms with van der Waals surface area (Å²) in [4.78, 5) is 10.5. The Balaban J connectivity index is 1.76. The summed E-state index contributed by atoms with van der Waals surface area (Å²) in [5, 5.41) is 3.35. The van der Waals surface area contributed by atoms with Gasteiger partial charge in [0.1, 0.15) is 5.82 Å². The van der Waals surface area contributed by atoms with E-state index in [0.717, 1.165) is 51.6 Å². The molecule has 0 bridgehead atoms. The van der Waals surface area contributed by atoms with Crippen molar-refractivity contribution in [2.24, 2.45) is 0 Å². The number of nitrogens with one attached hydrogen (secondary N) is 1. The number of sulfone groups is 1. The summed E-state index contributed by atoms with van der Waals surface area (Å²) in [5.74, 6) is -1.72. The van der Waals surface area contributed by atoms with Gasteiger partial charge in [-0.05, 0) is 75.1 Å². The molecule has 6 nitrogen and oxygen atoms in total. The van der Waals surface area contributed by atoms with Gasteiger partial charge >= 0.3 is 6.18 Å². The minimum absolute atomic E-state index is 0.0369. The van der Waals surface area contributed by atoms with Crippen molar-refractivity contribution in [2.45, 2.75) is 55.3 Å². The number of alkyl halides is 3. The van der Waals surface area contributed by atoms with Gasteiger partial charge in [-0.2, -0.15) is 13.2 Å². The summed E-state index contributed by atoms with van der Waals surface area (Å²) in [7, 11) is -3.51. The Morgan fingerprint density at radius 1 is 0.897 bits per heavy atom. The standard InChI is InChI=1S/C28H30F4N4O2S/c1-39(37,38)22-11-7-19(8-12-22)25-24(18-5-9-20(29)10-6-18)26(35-27(34-25)28(30,31)32)23-4-2-3-17-36(23)21-13-15-33-16-14-21/h5-12,21,23,33H,2-4,13-17H2,1H3. The third kappa shape index (κ3) is 6.00. The lowest BCUT2D eigenvalue weighted by atomic mass is 9.88. The fourth-order valence-electron chi connectivity index (χ4n) is 5.64. The molecule has 3 aromatic rings. The number of rotatable bonds is 5. The fourth-order valence-corrected chi connectivity index (χ4v) is 6.27. The average molecular weight is 563 g/mol. The predicted octanol–water partition coefficient (Wildman–Crippen LogP) is 5.65. The molecule has 1 unspecified atom stereocenters. The molecule has 1 N–H and O–H groups in total. The molecule has 1 atom stereocenters. The summed E-state index contributed by atoms with van der Waals surface area (Å²) in [5.41, 5.74) is 1.53. The maximum atomic E-state index is 14.2. The number of hydrogen-bond acceptors (Lipinski definition) is 6. The molecule has 0 aliphatic carbocycles. The van der Waals surface area contributed by atoms with Crippen molar-refractivity contribution >= 4 is 9.84 Å². The summed E-state index contributed by atoms with van der Waals surface area (Å²) in [6, 6.07) is 11.0. The summed E-state index contributed by atoms with van der Waals surface area (Å²) in [6.07, 6.45) is 0.473. The van der Waals surface area contributed by atoms with E-state index in [1.807, 2.05) is 0 Å². The van der Waals surface area contributed by atoms with Crippen molar-refractivity contribution in [3.05, 3.63) is 65.9 Å². The molecule has 3 heterocycles. The quantitative estimate of drug-likeness (QED) is 0.405. The van der Waals surface area contributed by atoms with Gasteiger partial charge in [0.15, 0.2) is 9.84 Å². The lowest BCUT2D eigenvalue weighted by Gasteiger charge is -2.43. The van der Waals surface area contributed by atoms with Crippen molar-refractivity contribution < 1.29 is 26.0 Å². The normalized spacial score (nSPS) is 19.8. The molecule has 2 aliphatic heterocycles. The van der Waals surface area contributed by atoms with Gasteiger partial charge in [-0.3, -0.25) is 4.90 Å². The molecule has 208 valence electrons.